The minimum absolute atomic E-state index is 0.0183. The highest BCUT2D eigenvalue weighted by Crippen LogP contribution is 2.39. The van der Waals surface area contributed by atoms with Crippen LogP contribution in [0, 0.1) is 10.1 Å². The molecule has 36 heavy (non-hydrogen) atoms. The topological polar surface area (TPSA) is 99.0 Å². The summed E-state index contributed by atoms with van der Waals surface area (Å²) in [7, 11) is 1.51. The molecular formula is C25H18BrClN2O6S. The van der Waals surface area contributed by atoms with E-state index in [2.05, 4.69) is 15.9 Å². The fourth-order valence-electron chi connectivity index (χ4n) is 3.39. The second-order valence-corrected chi connectivity index (χ2v) is 9.92. The largest absolute Gasteiger partial charge is 0.493 e. The number of non-ortho nitro benzene ring substituents is 1. The van der Waals surface area contributed by atoms with E-state index < -0.39 is 16.1 Å². The smallest absolute Gasteiger partial charge is 0.293 e. The van der Waals surface area contributed by atoms with Crippen LogP contribution in [0.5, 0.6) is 11.5 Å². The Hall–Kier alpha value is -3.34. The van der Waals surface area contributed by atoms with Crippen molar-refractivity contribution in [2.24, 2.45) is 0 Å². The summed E-state index contributed by atoms with van der Waals surface area (Å²) >= 11 is 10.3. The fourth-order valence-corrected chi connectivity index (χ4v) is 4.93. The van der Waals surface area contributed by atoms with Crippen molar-refractivity contribution in [2.75, 3.05) is 7.11 Å². The van der Waals surface area contributed by atoms with Crippen molar-refractivity contribution in [1.29, 1.82) is 0 Å². The third-order valence-corrected chi connectivity index (χ3v) is 6.96. The van der Waals surface area contributed by atoms with Gasteiger partial charge < -0.3 is 9.47 Å². The van der Waals surface area contributed by atoms with Gasteiger partial charge in [-0.05, 0) is 74.7 Å². The highest BCUT2D eigenvalue weighted by molar-refractivity contribution is 9.10. The third-order valence-electron chi connectivity index (χ3n) is 5.21. The third kappa shape index (κ3) is 5.89. The van der Waals surface area contributed by atoms with Crippen LogP contribution >= 0.6 is 39.3 Å². The van der Waals surface area contributed by atoms with E-state index in [9.17, 15) is 19.7 Å². The normalized spacial score (nSPS) is 14.4. The van der Waals surface area contributed by atoms with Crippen molar-refractivity contribution < 1.29 is 24.0 Å². The van der Waals surface area contributed by atoms with E-state index >= 15 is 0 Å². The molecule has 0 aliphatic carbocycles. The summed E-state index contributed by atoms with van der Waals surface area (Å²) in [6.45, 7) is 0.317. The summed E-state index contributed by atoms with van der Waals surface area (Å²) < 4.78 is 12.1. The zero-order valence-electron chi connectivity index (χ0n) is 18.8. The van der Waals surface area contributed by atoms with Crippen LogP contribution in [0.25, 0.3) is 6.08 Å². The Bertz CT molecular complexity index is 1360. The summed E-state index contributed by atoms with van der Waals surface area (Å²) in [4.78, 5) is 37.1. The SMILES string of the molecule is COc1cc(/C=C2\SC(=O)N(Cc3ccc([N+](=O)[O-])cc3)C2=O)cc(Br)c1OCc1ccc(Cl)cc1. The molecule has 0 N–H and O–H groups in total. The number of nitrogens with zero attached hydrogens (tertiary/aromatic N) is 2. The highest BCUT2D eigenvalue weighted by Gasteiger charge is 2.35. The number of hydrogen-bond acceptors (Lipinski definition) is 7. The number of nitro groups is 1. The average Bonchev–Trinajstić information content (AvgIpc) is 3.11. The van der Waals surface area contributed by atoms with Gasteiger partial charge >= 0.3 is 0 Å². The molecule has 8 nitrogen and oxygen atoms in total. The van der Waals surface area contributed by atoms with Crippen LogP contribution < -0.4 is 9.47 Å². The van der Waals surface area contributed by atoms with Gasteiger partial charge in [0.15, 0.2) is 11.5 Å². The lowest BCUT2D eigenvalue weighted by atomic mass is 10.1. The molecular weight excluding hydrogens is 572 g/mol. The number of amides is 2. The Morgan fingerprint density at radius 2 is 1.75 bits per heavy atom. The van der Waals surface area contributed by atoms with Gasteiger partial charge in [-0.15, -0.1) is 0 Å². The van der Waals surface area contributed by atoms with Crippen LogP contribution in [0.15, 0.2) is 70.0 Å². The van der Waals surface area contributed by atoms with Crippen LogP contribution in [0.1, 0.15) is 16.7 Å². The van der Waals surface area contributed by atoms with E-state index in [-0.39, 0.29) is 17.1 Å². The minimum Gasteiger partial charge on any atom is -0.493 e. The number of methoxy groups -OCH3 is 1. The zero-order chi connectivity index (χ0) is 25.8. The number of hydrogen-bond donors (Lipinski definition) is 0. The van der Waals surface area contributed by atoms with Crippen LogP contribution in [0.4, 0.5) is 10.5 Å². The van der Waals surface area contributed by atoms with E-state index in [0.717, 1.165) is 22.2 Å². The lowest BCUT2D eigenvalue weighted by molar-refractivity contribution is -0.384. The molecule has 1 saturated heterocycles. The molecule has 0 aromatic heterocycles. The lowest BCUT2D eigenvalue weighted by Gasteiger charge is -2.14. The monoisotopic (exact) mass is 588 g/mol. The number of ether oxygens (including phenoxy) is 2. The number of imide groups is 1. The Balaban J connectivity index is 1.50. The predicted octanol–water partition coefficient (Wildman–Crippen LogP) is 6.83. The first-order valence-corrected chi connectivity index (χ1v) is 12.5. The standard InChI is InChI=1S/C25H18BrClN2O6S/c1-34-21-11-17(10-20(26)23(21)35-14-16-2-6-18(27)7-3-16)12-22-24(30)28(25(31)36-22)13-15-4-8-19(9-5-15)29(32)33/h2-12H,13-14H2,1H3/b22-12-. The molecule has 0 unspecified atom stereocenters. The van der Waals surface area contributed by atoms with Crippen molar-refractivity contribution in [3.63, 3.8) is 0 Å². The maximum Gasteiger partial charge on any atom is 0.293 e. The Morgan fingerprint density at radius 1 is 1.08 bits per heavy atom. The van der Waals surface area contributed by atoms with Gasteiger partial charge in [0, 0.05) is 17.2 Å². The molecule has 2 amide bonds. The summed E-state index contributed by atoms with van der Waals surface area (Å²) in [6.07, 6.45) is 1.61. The molecule has 1 aliphatic rings. The first kappa shape index (κ1) is 25.7. The number of carbonyl (C=O) groups is 2. The van der Waals surface area contributed by atoms with Crippen molar-refractivity contribution in [3.8, 4) is 11.5 Å². The van der Waals surface area contributed by atoms with Gasteiger partial charge in [-0.1, -0.05) is 35.9 Å². The predicted molar refractivity (Wildman–Crippen MR) is 141 cm³/mol. The summed E-state index contributed by atoms with van der Waals surface area (Å²) in [5, 5.41) is 11.1. The molecule has 0 spiro atoms. The van der Waals surface area contributed by atoms with E-state index in [1.54, 1.807) is 30.3 Å². The highest BCUT2D eigenvalue weighted by atomic mass is 79.9. The van der Waals surface area contributed by atoms with Gasteiger partial charge in [0.05, 0.1) is 28.0 Å². The first-order valence-electron chi connectivity index (χ1n) is 10.5. The van der Waals surface area contributed by atoms with E-state index in [1.165, 1.54) is 31.4 Å². The molecule has 0 atom stereocenters. The molecule has 11 heteroatoms. The zero-order valence-corrected chi connectivity index (χ0v) is 21.9. The summed E-state index contributed by atoms with van der Waals surface area (Å²) in [5.41, 5.74) is 2.11. The van der Waals surface area contributed by atoms with Gasteiger partial charge in [0.1, 0.15) is 6.61 Å². The minimum atomic E-state index is -0.507. The van der Waals surface area contributed by atoms with Crippen LogP contribution in [0.3, 0.4) is 0 Å². The van der Waals surface area contributed by atoms with Gasteiger partial charge in [0.2, 0.25) is 0 Å². The molecule has 0 radical (unpaired) electrons. The Labute approximate surface area is 224 Å². The molecule has 1 aliphatic heterocycles. The maximum absolute atomic E-state index is 12.9. The first-order chi connectivity index (χ1) is 17.2. The molecule has 1 fully saturated rings. The average molecular weight is 590 g/mol. The maximum atomic E-state index is 12.9. The van der Waals surface area contributed by atoms with Crippen LogP contribution in [-0.2, 0) is 17.9 Å². The van der Waals surface area contributed by atoms with Crippen LogP contribution in [-0.4, -0.2) is 28.1 Å². The Kier molecular flexibility index (Phi) is 7.97. The van der Waals surface area contributed by atoms with Gasteiger partial charge in [0.25, 0.3) is 16.8 Å². The fraction of sp³-hybridized carbons (Fsp3) is 0.120. The van der Waals surface area contributed by atoms with Crippen molar-refractivity contribution in [3.05, 3.63) is 102 Å². The second kappa shape index (κ2) is 11.2. The van der Waals surface area contributed by atoms with Crippen molar-refractivity contribution in [2.45, 2.75) is 13.2 Å². The van der Waals surface area contributed by atoms with Gasteiger partial charge in [-0.25, -0.2) is 0 Å². The number of halogens is 2. The molecule has 184 valence electrons. The van der Waals surface area contributed by atoms with Crippen molar-refractivity contribution in [1.82, 2.24) is 4.90 Å². The summed E-state index contributed by atoms with van der Waals surface area (Å²) in [6, 6.07) is 16.5. The molecule has 0 bridgehead atoms. The number of thioether (sulfide) groups is 1. The number of nitro benzene ring substituents is 1. The van der Waals surface area contributed by atoms with Gasteiger partial charge in [-0.2, -0.15) is 0 Å². The van der Waals surface area contributed by atoms with Crippen molar-refractivity contribution >= 4 is 62.2 Å². The summed E-state index contributed by atoms with van der Waals surface area (Å²) in [5.74, 6) is 0.507. The molecule has 3 aromatic carbocycles. The molecule has 0 saturated carbocycles. The molecule has 4 rings (SSSR count). The number of rotatable bonds is 8. The lowest BCUT2D eigenvalue weighted by Crippen LogP contribution is -2.27. The second-order valence-electron chi connectivity index (χ2n) is 7.64. The quantitative estimate of drug-likeness (QED) is 0.161. The van der Waals surface area contributed by atoms with E-state index in [4.69, 9.17) is 21.1 Å². The Morgan fingerprint density at radius 3 is 2.39 bits per heavy atom. The van der Waals surface area contributed by atoms with E-state index in [1.807, 2.05) is 12.1 Å². The molecule has 3 aromatic rings. The number of carbonyl (C=O) groups excluding carboxylic acids is 2. The number of benzene rings is 3. The van der Waals surface area contributed by atoms with E-state index in [0.29, 0.717) is 38.7 Å². The van der Waals surface area contributed by atoms with Gasteiger partial charge in [-0.3, -0.25) is 24.6 Å². The molecule has 1 heterocycles. The van der Waals surface area contributed by atoms with Crippen LogP contribution in [0.2, 0.25) is 5.02 Å².